The lowest BCUT2D eigenvalue weighted by Gasteiger charge is -2.33. The molecule has 156 valence electrons. The molecule has 0 unspecified atom stereocenters. The van der Waals surface area contributed by atoms with E-state index in [2.05, 4.69) is 20.1 Å². The molecule has 0 aliphatic rings. The van der Waals surface area contributed by atoms with Gasteiger partial charge in [0.1, 0.15) is 11.5 Å². The third-order valence-corrected chi connectivity index (χ3v) is 8.36. The Labute approximate surface area is 177 Å². The first-order valence-corrected chi connectivity index (χ1v) is 12.8. The van der Waals surface area contributed by atoms with Gasteiger partial charge in [-0.25, -0.2) is 0 Å². The lowest BCUT2D eigenvalue weighted by atomic mass is 10.2. The molecule has 4 heteroatoms. The number of benzene rings is 2. The molecule has 3 nitrogen and oxygen atoms in total. The van der Waals surface area contributed by atoms with Gasteiger partial charge in [-0.15, -0.1) is 0 Å². The molecule has 0 radical (unpaired) electrons. The van der Waals surface area contributed by atoms with Gasteiger partial charge in [-0.1, -0.05) is 75.1 Å². The molecule has 0 aliphatic heterocycles. The second-order valence-corrected chi connectivity index (χ2v) is 10.2. The van der Waals surface area contributed by atoms with Crippen LogP contribution in [0.1, 0.15) is 44.2 Å². The van der Waals surface area contributed by atoms with E-state index in [1.165, 1.54) is 0 Å². The molecular formula is C25H34O3Si. The average molecular weight is 411 g/mol. The van der Waals surface area contributed by atoms with Crippen LogP contribution < -0.4 is 8.85 Å². The molecule has 0 saturated heterocycles. The molecule has 0 N–H and O–H groups in total. The first-order chi connectivity index (χ1) is 14.2. The van der Waals surface area contributed by atoms with Gasteiger partial charge in [-0.3, -0.25) is 0 Å². The van der Waals surface area contributed by atoms with Crippen molar-refractivity contribution >= 4 is 20.7 Å². The smallest absolute Gasteiger partial charge is 0.460 e. The maximum absolute atomic E-state index is 6.74. The van der Waals surface area contributed by atoms with Crippen molar-refractivity contribution in [3.8, 4) is 11.5 Å². The average Bonchev–Trinajstić information content (AvgIpc) is 2.74. The van der Waals surface area contributed by atoms with Crippen molar-refractivity contribution in [3.05, 3.63) is 72.8 Å². The number of hydrogen-bond donors (Lipinski definition) is 0. The highest BCUT2D eigenvalue weighted by Gasteiger charge is 2.41. The summed E-state index contributed by atoms with van der Waals surface area (Å²) in [5, 5.41) is 0. The summed E-state index contributed by atoms with van der Waals surface area (Å²) in [5.74, 6) is 1.70. The van der Waals surface area contributed by atoms with Gasteiger partial charge < -0.3 is 13.6 Å². The van der Waals surface area contributed by atoms with E-state index < -0.39 is 8.56 Å². The van der Waals surface area contributed by atoms with Gasteiger partial charge in [0.05, 0.1) is 0 Å². The monoisotopic (exact) mass is 410 g/mol. The molecular weight excluding hydrogens is 376 g/mol. The van der Waals surface area contributed by atoms with Crippen molar-refractivity contribution in [3.63, 3.8) is 0 Å². The summed E-state index contributed by atoms with van der Waals surface area (Å²) >= 11 is 0. The zero-order valence-electron chi connectivity index (χ0n) is 17.9. The Morgan fingerprint density at radius 1 is 0.793 bits per heavy atom. The lowest BCUT2D eigenvalue weighted by molar-refractivity contribution is 0.144. The zero-order chi connectivity index (χ0) is 21.0. The molecule has 2 aromatic rings. The van der Waals surface area contributed by atoms with Crippen molar-refractivity contribution in [2.45, 2.75) is 45.2 Å². The number of hydrogen-bond acceptors (Lipinski definition) is 3. The fourth-order valence-corrected chi connectivity index (χ4v) is 6.78. The number of rotatable bonds is 14. The Morgan fingerprint density at radius 3 is 1.83 bits per heavy atom. The van der Waals surface area contributed by atoms with E-state index in [1.807, 2.05) is 67.6 Å². The highest BCUT2D eigenvalue weighted by atomic mass is 28.4. The van der Waals surface area contributed by atoms with E-state index in [-0.39, 0.29) is 0 Å². The predicted octanol–water partition coefficient (Wildman–Crippen LogP) is 7.10. The van der Waals surface area contributed by atoms with E-state index in [1.54, 1.807) is 0 Å². The Kier molecular flexibility index (Phi) is 9.75. The quantitative estimate of drug-likeness (QED) is 0.245. The van der Waals surface area contributed by atoms with Gasteiger partial charge in [0, 0.05) is 36.4 Å². The molecule has 0 fully saturated rings. The molecule has 2 rings (SSSR count). The van der Waals surface area contributed by atoms with E-state index >= 15 is 0 Å². The van der Waals surface area contributed by atoms with E-state index in [0.717, 1.165) is 67.2 Å². The number of para-hydroxylation sites is 2. The molecule has 2 aromatic carbocycles. The van der Waals surface area contributed by atoms with Gasteiger partial charge in [-0.2, -0.15) is 0 Å². The van der Waals surface area contributed by atoms with Crippen molar-refractivity contribution in [2.75, 3.05) is 13.2 Å². The number of unbranched alkanes of at least 4 members (excludes halogenated alkanes) is 1. The summed E-state index contributed by atoms with van der Waals surface area (Å²) in [6.07, 6.45) is 6.70. The minimum absolute atomic E-state index is 0.754. The van der Waals surface area contributed by atoms with Crippen LogP contribution >= 0.6 is 0 Å². The summed E-state index contributed by atoms with van der Waals surface area (Å²) in [6.45, 7) is 13.6. The minimum atomic E-state index is -2.58. The lowest BCUT2D eigenvalue weighted by Crippen LogP contribution is -2.48. The zero-order valence-corrected chi connectivity index (χ0v) is 18.9. The van der Waals surface area contributed by atoms with E-state index in [9.17, 15) is 0 Å². The molecule has 0 aliphatic carbocycles. The normalized spacial score (nSPS) is 11.1. The molecule has 0 atom stereocenters. The predicted molar refractivity (Wildman–Crippen MR) is 126 cm³/mol. The SMILES string of the molecule is C=Cc1ccccc1O[Si](CCC)(CCCCOCC)Oc1ccccc1C=C. The van der Waals surface area contributed by atoms with Gasteiger partial charge in [0.25, 0.3) is 0 Å². The molecule has 0 aromatic heterocycles. The standard InChI is InChI=1S/C25H34O3Si/c1-5-20-29(21-14-13-19-26-8-4,27-24-17-11-9-15-22(24)6-2)28-25-18-12-10-16-23(25)7-3/h6-7,9-12,15-18H,2-3,5,8,13-14,19-21H2,1,4H3. The molecule has 0 heterocycles. The molecule has 0 saturated carbocycles. The van der Waals surface area contributed by atoms with Crippen molar-refractivity contribution in [1.29, 1.82) is 0 Å². The summed E-state index contributed by atoms with van der Waals surface area (Å²) in [6, 6.07) is 17.9. The van der Waals surface area contributed by atoms with Crippen LogP contribution in [0, 0.1) is 0 Å². The Hall–Kier alpha value is -2.30. The van der Waals surface area contributed by atoms with Crippen LogP contribution in [-0.4, -0.2) is 21.8 Å². The second-order valence-electron chi connectivity index (χ2n) is 7.00. The van der Waals surface area contributed by atoms with Gasteiger partial charge in [0.2, 0.25) is 0 Å². The van der Waals surface area contributed by atoms with Crippen LogP contribution in [-0.2, 0) is 4.74 Å². The van der Waals surface area contributed by atoms with Gasteiger partial charge in [-0.05, 0) is 31.9 Å². The third-order valence-electron chi connectivity index (χ3n) is 4.80. The fourth-order valence-electron chi connectivity index (χ4n) is 3.36. The third kappa shape index (κ3) is 6.91. The Bertz CT molecular complexity index is 719. The van der Waals surface area contributed by atoms with Crippen LogP contribution in [0.3, 0.4) is 0 Å². The Balaban J connectivity index is 2.34. The van der Waals surface area contributed by atoms with Crippen LogP contribution in [0.5, 0.6) is 11.5 Å². The molecule has 0 amide bonds. The van der Waals surface area contributed by atoms with E-state index in [0.29, 0.717) is 0 Å². The van der Waals surface area contributed by atoms with E-state index in [4.69, 9.17) is 13.6 Å². The van der Waals surface area contributed by atoms with Crippen molar-refractivity contribution in [2.24, 2.45) is 0 Å². The van der Waals surface area contributed by atoms with Crippen molar-refractivity contribution in [1.82, 2.24) is 0 Å². The summed E-state index contributed by atoms with van der Waals surface area (Å²) in [5.41, 5.74) is 1.99. The first kappa shape index (κ1) is 23.0. The highest BCUT2D eigenvalue weighted by Crippen LogP contribution is 2.32. The fraction of sp³-hybridized carbons (Fsp3) is 0.360. The summed E-state index contributed by atoms with van der Waals surface area (Å²) in [7, 11) is -2.58. The molecule has 29 heavy (non-hydrogen) atoms. The van der Waals surface area contributed by atoms with Crippen molar-refractivity contribution < 1.29 is 13.6 Å². The summed E-state index contributed by atoms with van der Waals surface area (Å²) < 4.78 is 19.0. The highest BCUT2D eigenvalue weighted by molar-refractivity contribution is 6.69. The number of ether oxygens (including phenoxy) is 1. The van der Waals surface area contributed by atoms with Gasteiger partial charge in [0.15, 0.2) is 0 Å². The minimum Gasteiger partial charge on any atom is -0.511 e. The maximum Gasteiger partial charge on any atom is 0.460 e. The Morgan fingerprint density at radius 2 is 1.34 bits per heavy atom. The second kappa shape index (κ2) is 12.3. The van der Waals surface area contributed by atoms with Crippen LogP contribution in [0.25, 0.3) is 12.2 Å². The maximum atomic E-state index is 6.74. The topological polar surface area (TPSA) is 27.7 Å². The summed E-state index contributed by atoms with van der Waals surface area (Å²) in [4.78, 5) is 0. The van der Waals surface area contributed by atoms with Crippen LogP contribution in [0.2, 0.25) is 12.1 Å². The molecule has 0 bridgehead atoms. The van der Waals surface area contributed by atoms with Crippen LogP contribution in [0.15, 0.2) is 61.7 Å². The largest absolute Gasteiger partial charge is 0.511 e. The van der Waals surface area contributed by atoms with Gasteiger partial charge >= 0.3 is 8.56 Å². The first-order valence-electron chi connectivity index (χ1n) is 10.6. The molecule has 0 spiro atoms. The van der Waals surface area contributed by atoms with Crippen LogP contribution in [0.4, 0.5) is 0 Å².